The van der Waals surface area contributed by atoms with Crippen molar-refractivity contribution in [1.29, 1.82) is 0 Å². The number of carboxylic acid groups (broad SMARTS) is 1. The maximum absolute atomic E-state index is 12.0. The van der Waals surface area contributed by atoms with Crippen LogP contribution >= 0.6 is 0 Å². The molecule has 0 spiro atoms. The molecule has 2 heterocycles. The van der Waals surface area contributed by atoms with Gasteiger partial charge in [0.05, 0.1) is 19.9 Å². The zero-order valence-electron chi connectivity index (χ0n) is 20.2. The number of methoxy groups -OCH3 is 2. The highest BCUT2D eigenvalue weighted by Gasteiger charge is 2.29. The fourth-order valence-electron chi connectivity index (χ4n) is 5.31. The Morgan fingerprint density at radius 1 is 0.971 bits per heavy atom. The van der Waals surface area contributed by atoms with Gasteiger partial charge in [0.25, 0.3) is 0 Å². The zero-order valence-corrected chi connectivity index (χ0v) is 20.2. The van der Waals surface area contributed by atoms with Crippen LogP contribution < -0.4 is 14.4 Å². The van der Waals surface area contributed by atoms with Crippen LogP contribution in [0.25, 0.3) is 11.3 Å². The number of hydrogen-bond donors (Lipinski definition) is 1. The van der Waals surface area contributed by atoms with E-state index in [-0.39, 0.29) is 5.56 Å². The second kappa shape index (κ2) is 9.96. The quantitative estimate of drug-likeness (QED) is 0.577. The van der Waals surface area contributed by atoms with E-state index in [4.69, 9.17) is 14.5 Å². The molecule has 0 bridgehead atoms. The lowest BCUT2D eigenvalue weighted by Gasteiger charge is -2.41. The van der Waals surface area contributed by atoms with Crippen molar-refractivity contribution in [2.24, 2.45) is 0 Å². The number of pyridine rings is 1. The fraction of sp³-hybridized carbons (Fsp3) is 0.357. The number of nitrogens with zero attached hydrogens (tertiary/aromatic N) is 3. The maximum Gasteiger partial charge on any atom is 0.339 e. The number of aryl methyl sites for hydroxylation is 1. The molecule has 0 amide bonds. The highest BCUT2D eigenvalue weighted by Crippen LogP contribution is 2.34. The molecule has 1 unspecified atom stereocenters. The molecule has 1 fully saturated rings. The lowest BCUT2D eigenvalue weighted by atomic mass is 9.87. The summed E-state index contributed by atoms with van der Waals surface area (Å²) in [5.74, 6) is 0.889. The van der Waals surface area contributed by atoms with Gasteiger partial charge in [0.1, 0.15) is 22.9 Å². The van der Waals surface area contributed by atoms with E-state index in [1.54, 1.807) is 26.4 Å². The fourth-order valence-corrected chi connectivity index (χ4v) is 5.31. The molecule has 7 heteroatoms. The third-order valence-corrected chi connectivity index (χ3v) is 7.24. The Labute approximate surface area is 205 Å². The van der Waals surface area contributed by atoms with Crippen LogP contribution in [0.2, 0.25) is 0 Å². The Morgan fingerprint density at radius 3 is 2.46 bits per heavy atom. The molecule has 2 aliphatic rings. The molecule has 35 heavy (non-hydrogen) atoms. The first-order chi connectivity index (χ1) is 17.1. The molecular formula is C28H31N3O4. The number of ether oxygens (including phenoxy) is 2. The lowest BCUT2D eigenvalue weighted by molar-refractivity contribution is 0.0696. The molecule has 1 aliphatic heterocycles. The van der Waals surface area contributed by atoms with Crippen molar-refractivity contribution in [2.75, 3.05) is 45.3 Å². The van der Waals surface area contributed by atoms with Gasteiger partial charge in [-0.3, -0.25) is 4.90 Å². The smallest absolute Gasteiger partial charge is 0.339 e. The van der Waals surface area contributed by atoms with Gasteiger partial charge in [-0.05, 0) is 60.7 Å². The van der Waals surface area contributed by atoms with Crippen molar-refractivity contribution in [3.05, 3.63) is 71.3 Å². The van der Waals surface area contributed by atoms with Gasteiger partial charge >= 0.3 is 5.97 Å². The summed E-state index contributed by atoms with van der Waals surface area (Å²) in [6.07, 6.45) is 3.37. The molecule has 1 atom stereocenters. The minimum atomic E-state index is -0.969. The van der Waals surface area contributed by atoms with Crippen LogP contribution in [0.5, 0.6) is 11.5 Å². The molecule has 1 aliphatic carbocycles. The number of rotatable bonds is 6. The van der Waals surface area contributed by atoms with E-state index in [2.05, 4.69) is 34.1 Å². The number of hydrogen-bond acceptors (Lipinski definition) is 6. The average molecular weight is 474 g/mol. The molecule has 1 aromatic heterocycles. The van der Waals surface area contributed by atoms with Gasteiger partial charge in [-0.25, -0.2) is 9.78 Å². The third-order valence-electron chi connectivity index (χ3n) is 7.24. The average Bonchev–Trinajstić information content (AvgIpc) is 2.92. The van der Waals surface area contributed by atoms with Crippen molar-refractivity contribution in [3.8, 4) is 22.8 Å². The van der Waals surface area contributed by atoms with Crippen LogP contribution in [-0.4, -0.2) is 67.4 Å². The first-order valence-corrected chi connectivity index (χ1v) is 12.1. The SMILES string of the molecule is COc1ccc(OC)c(-c2ccc(C(=O)O)c(N3CCN(C4CCc5ccccc5C4)CC3)n2)c1. The minimum absolute atomic E-state index is 0.218. The molecule has 3 aromatic rings. The van der Waals surface area contributed by atoms with E-state index in [1.165, 1.54) is 17.5 Å². The summed E-state index contributed by atoms with van der Waals surface area (Å²) in [5.41, 5.74) is 4.58. The second-order valence-corrected chi connectivity index (χ2v) is 9.13. The van der Waals surface area contributed by atoms with Gasteiger partial charge in [-0.15, -0.1) is 0 Å². The summed E-state index contributed by atoms with van der Waals surface area (Å²) in [7, 11) is 3.23. The third kappa shape index (κ3) is 4.68. The van der Waals surface area contributed by atoms with Gasteiger partial charge in [-0.2, -0.15) is 0 Å². The topological polar surface area (TPSA) is 75.1 Å². The first kappa shape index (κ1) is 23.2. The summed E-state index contributed by atoms with van der Waals surface area (Å²) >= 11 is 0. The van der Waals surface area contributed by atoms with Crippen LogP contribution in [-0.2, 0) is 12.8 Å². The number of fused-ring (bicyclic) bond motifs is 1. The van der Waals surface area contributed by atoms with E-state index < -0.39 is 5.97 Å². The van der Waals surface area contributed by atoms with Gasteiger partial charge in [0.15, 0.2) is 0 Å². The van der Waals surface area contributed by atoms with Crippen molar-refractivity contribution in [1.82, 2.24) is 9.88 Å². The number of anilines is 1. The molecule has 5 rings (SSSR count). The normalized spacial score (nSPS) is 18.1. The molecule has 0 saturated carbocycles. The number of piperazine rings is 1. The van der Waals surface area contributed by atoms with Crippen molar-refractivity contribution < 1.29 is 19.4 Å². The van der Waals surface area contributed by atoms with E-state index in [0.717, 1.165) is 44.6 Å². The summed E-state index contributed by atoms with van der Waals surface area (Å²) in [6.45, 7) is 3.26. The number of carbonyl (C=O) groups is 1. The number of aromatic nitrogens is 1. The number of benzene rings is 2. The summed E-state index contributed by atoms with van der Waals surface area (Å²) in [6, 6.07) is 18.2. The Hall–Kier alpha value is -3.58. The van der Waals surface area contributed by atoms with Crippen molar-refractivity contribution in [3.63, 3.8) is 0 Å². The maximum atomic E-state index is 12.0. The molecule has 182 valence electrons. The van der Waals surface area contributed by atoms with E-state index in [9.17, 15) is 9.90 Å². The van der Waals surface area contributed by atoms with E-state index in [1.807, 2.05) is 18.2 Å². The molecule has 1 saturated heterocycles. The summed E-state index contributed by atoms with van der Waals surface area (Å²) in [4.78, 5) is 21.5. The summed E-state index contributed by atoms with van der Waals surface area (Å²) in [5, 5.41) is 9.87. The summed E-state index contributed by atoms with van der Waals surface area (Å²) < 4.78 is 10.9. The molecule has 7 nitrogen and oxygen atoms in total. The van der Waals surface area contributed by atoms with Crippen LogP contribution in [0.15, 0.2) is 54.6 Å². The molecule has 2 aromatic carbocycles. The first-order valence-electron chi connectivity index (χ1n) is 12.1. The monoisotopic (exact) mass is 473 g/mol. The van der Waals surface area contributed by atoms with Crippen LogP contribution in [0, 0.1) is 0 Å². The van der Waals surface area contributed by atoms with Crippen LogP contribution in [0.3, 0.4) is 0 Å². The second-order valence-electron chi connectivity index (χ2n) is 9.13. The number of carboxylic acids is 1. The largest absolute Gasteiger partial charge is 0.497 e. The number of aromatic carboxylic acids is 1. The Bertz CT molecular complexity index is 1220. The van der Waals surface area contributed by atoms with E-state index >= 15 is 0 Å². The van der Waals surface area contributed by atoms with E-state index in [0.29, 0.717) is 29.1 Å². The highest BCUT2D eigenvalue weighted by atomic mass is 16.5. The Balaban J connectivity index is 1.37. The predicted molar refractivity (Wildman–Crippen MR) is 136 cm³/mol. The Kier molecular flexibility index (Phi) is 6.59. The van der Waals surface area contributed by atoms with Crippen molar-refractivity contribution >= 4 is 11.8 Å². The van der Waals surface area contributed by atoms with Gasteiger partial charge in [0.2, 0.25) is 0 Å². The van der Waals surface area contributed by atoms with Crippen molar-refractivity contribution in [2.45, 2.75) is 25.3 Å². The van der Waals surface area contributed by atoms with Crippen LogP contribution in [0.1, 0.15) is 27.9 Å². The molecule has 1 N–H and O–H groups in total. The van der Waals surface area contributed by atoms with Crippen LogP contribution in [0.4, 0.5) is 5.82 Å². The molecule has 0 radical (unpaired) electrons. The lowest BCUT2D eigenvalue weighted by Crippen LogP contribution is -2.52. The molecular weight excluding hydrogens is 442 g/mol. The highest BCUT2D eigenvalue weighted by molar-refractivity contribution is 5.94. The minimum Gasteiger partial charge on any atom is -0.497 e. The van der Waals surface area contributed by atoms with Gasteiger partial charge in [0, 0.05) is 37.8 Å². The zero-order chi connectivity index (χ0) is 24.4. The van der Waals surface area contributed by atoms with Gasteiger partial charge in [-0.1, -0.05) is 24.3 Å². The van der Waals surface area contributed by atoms with Gasteiger partial charge < -0.3 is 19.5 Å². The standard InChI is InChI=1S/C28H31N3O4/c1-34-22-9-12-26(35-2)24(18-22)25-11-10-23(28(32)33)27(29-25)31-15-13-30(14-16-31)21-8-7-19-5-3-4-6-20(19)17-21/h3-6,9-12,18,21H,7-8,13-17H2,1-2H3,(H,32,33). The predicted octanol–water partition coefficient (Wildman–Crippen LogP) is 4.14. The Morgan fingerprint density at radius 2 is 1.74 bits per heavy atom.